The van der Waals surface area contributed by atoms with Crippen molar-refractivity contribution in [3.8, 4) is 0 Å². The van der Waals surface area contributed by atoms with E-state index in [-0.39, 0.29) is 5.75 Å². The third-order valence-corrected chi connectivity index (χ3v) is 3.44. The van der Waals surface area contributed by atoms with Crippen LogP contribution in [0, 0.1) is 0 Å². The van der Waals surface area contributed by atoms with Gasteiger partial charge in [-0.3, -0.25) is 0 Å². The van der Waals surface area contributed by atoms with Crippen molar-refractivity contribution in [2.45, 2.75) is 25.0 Å². The van der Waals surface area contributed by atoms with Gasteiger partial charge in [-0.2, -0.15) is 0 Å². The van der Waals surface area contributed by atoms with Gasteiger partial charge in [0.2, 0.25) is 0 Å². The van der Waals surface area contributed by atoms with Crippen molar-refractivity contribution >= 4 is 9.84 Å². The highest BCUT2D eigenvalue weighted by Gasteiger charge is 2.07. The maximum Gasteiger partial charge on any atom is 0.151 e. The van der Waals surface area contributed by atoms with Crippen molar-refractivity contribution in [1.82, 2.24) is 0 Å². The molecule has 1 aromatic rings. The molecule has 90 valence electrons. The summed E-state index contributed by atoms with van der Waals surface area (Å²) in [6.45, 7) is 2.80. The fraction of sp³-hybridized carbons (Fsp3) is 0.500. The Balaban J connectivity index is 2.75. The van der Waals surface area contributed by atoms with E-state index in [2.05, 4.69) is 6.92 Å². The van der Waals surface area contributed by atoms with E-state index < -0.39 is 9.84 Å². The number of hydrogen-bond donors (Lipinski definition) is 1. The smallest absolute Gasteiger partial charge is 0.151 e. The lowest BCUT2D eigenvalue weighted by molar-refractivity contribution is 0.601. The molecule has 1 unspecified atom stereocenters. The normalized spacial score (nSPS) is 13.7. The highest BCUT2D eigenvalue weighted by atomic mass is 32.2. The predicted molar refractivity (Wildman–Crippen MR) is 67.1 cm³/mol. The second kappa shape index (κ2) is 5.46. The zero-order chi connectivity index (χ0) is 12.2. The van der Waals surface area contributed by atoms with Crippen LogP contribution in [0.2, 0.25) is 0 Å². The fourth-order valence-corrected chi connectivity index (χ4v) is 2.46. The van der Waals surface area contributed by atoms with Crippen LogP contribution in [0.5, 0.6) is 0 Å². The Bertz CT molecular complexity index is 423. The molecule has 1 rings (SSSR count). The average Bonchev–Trinajstić information content (AvgIpc) is 2.16. The third-order valence-electron chi connectivity index (χ3n) is 2.58. The van der Waals surface area contributed by atoms with Gasteiger partial charge in [0.05, 0.1) is 5.75 Å². The Kier molecular flexibility index (Phi) is 4.50. The van der Waals surface area contributed by atoms with Crippen LogP contribution in [0.4, 0.5) is 0 Å². The molecule has 1 atom stereocenters. The molecule has 2 N–H and O–H groups in total. The predicted octanol–water partition coefficient (Wildman–Crippen LogP) is 1.68. The van der Waals surface area contributed by atoms with Crippen molar-refractivity contribution in [3.05, 3.63) is 35.4 Å². The van der Waals surface area contributed by atoms with Crippen LogP contribution in [0.25, 0.3) is 0 Å². The lowest BCUT2D eigenvalue weighted by Crippen LogP contribution is -2.05. The summed E-state index contributed by atoms with van der Waals surface area (Å²) in [5.41, 5.74) is 7.55. The van der Waals surface area contributed by atoms with Crippen LogP contribution in [0.3, 0.4) is 0 Å². The highest BCUT2D eigenvalue weighted by Crippen LogP contribution is 2.19. The van der Waals surface area contributed by atoms with Crippen molar-refractivity contribution in [2.24, 2.45) is 5.73 Å². The van der Waals surface area contributed by atoms with E-state index in [1.165, 1.54) is 11.8 Å². The van der Waals surface area contributed by atoms with Gasteiger partial charge < -0.3 is 5.73 Å². The maximum atomic E-state index is 11.1. The highest BCUT2D eigenvalue weighted by molar-refractivity contribution is 7.89. The molecule has 0 bridgehead atoms. The zero-order valence-electron chi connectivity index (χ0n) is 9.81. The van der Waals surface area contributed by atoms with E-state index in [9.17, 15) is 8.42 Å². The van der Waals surface area contributed by atoms with Crippen LogP contribution in [-0.4, -0.2) is 21.2 Å². The van der Waals surface area contributed by atoms with Crippen molar-refractivity contribution in [3.63, 3.8) is 0 Å². The number of rotatable bonds is 5. The van der Waals surface area contributed by atoms with E-state index >= 15 is 0 Å². The summed E-state index contributed by atoms with van der Waals surface area (Å²) in [7, 11) is -2.94. The first-order valence-corrected chi connectivity index (χ1v) is 7.45. The lowest BCUT2D eigenvalue weighted by atomic mass is 9.97. The molecule has 0 saturated heterocycles. The van der Waals surface area contributed by atoms with E-state index in [1.54, 1.807) is 0 Å². The van der Waals surface area contributed by atoms with Gasteiger partial charge in [0.1, 0.15) is 0 Å². The van der Waals surface area contributed by atoms with Gasteiger partial charge >= 0.3 is 0 Å². The summed E-state index contributed by atoms with van der Waals surface area (Å²) in [5.74, 6) is 0.538. The first kappa shape index (κ1) is 13.2. The molecule has 0 amide bonds. The maximum absolute atomic E-state index is 11.1. The SMILES string of the molecule is CC(CCN)c1ccc(CS(C)(=O)=O)cc1. The minimum absolute atomic E-state index is 0.110. The van der Waals surface area contributed by atoms with Crippen LogP contribution >= 0.6 is 0 Å². The molecule has 1 aromatic carbocycles. The molecule has 0 aliphatic carbocycles. The molecule has 3 nitrogen and oxygen atoms in total. The zero-order valence-corrected chi connectivity index (χ0v) is 10.6. The van der Waals surface area contributed by atoms with Crippen LogP contribution < -0.4 is 5.73 Å². The molecule has 0 heterocycles. The number of nitrogens with two attached hydrogens (primary N) is 1. The number of hydrogen-bond acceptors (Lipinski definition) is 3. The van der Waals surface area contributed by atoms with Crippen molar-refractivity contribution in [1.29, 1.82) is 0 Å². The largest absolute Gasteiger partial charge is 0.330 e. The minimum Gasteiger partial charge on any atom is -0.330 e. The number of benzene rings is 1. The molecule has 0 saturated carbocycles. The molecule has 0 fully saturated rings. The first-order chi connectivity index (χ1) is 7.42. The third kappa shape index (κ3) is 4.33. The van der Waals surface area contributed by atoms with Crippen LogP contribution in [0.15, 0.2) is 24.3 Å². The van der Waals surface area contributed by atoms with Gasteiger partial charge in [0, 0.05) is 6.26 Å². The second-order valence-electron chi connectivity index (χ2n) is 4.29. The topological polar surface area (TPSA) is 60.2 Å². The lowest BCUT2D eigenvalue weighted by Gasteiger charge is -2.10. The Morgan fingerprint density at radius 1 is 1.25 bits per heavy atom. The summed E-state index contributed by atoms with van der Waals surface area (Å²) in [6.07, 6.45) is 2.20. The number of sulfone groups is 1. The molecule has 0 aliphatic rings. The van der Waals surface area contributed by atoms with E-state index in [0.717, 1.165) is 12.0 Å². The van der Waals surface area contributed by atoms with Crippen molar-refractivity contribution in [2.75, 3.05) is 12.8 Å². The molecule has 0 aromatic heterocycles. The van der Waals surface area contributed by atoms with Gasteiger partial charge in [0.25, 0.3) is 0 Å². The van der Waals surface area contributed by atoms with Gasteiger partial charge in [0.15, 0.2) is 9.84 Å². The van der Waals surface area contributed by atoms with Gasteiger partial charge in [-0.1, -0.05) is 31.2 Å². The second-order valence-corrected chi connectivity index (χ2v) is 6.43. The summed E-state index contributed by atoms with van der Waals surface area (Å²) < 4.78 is 22.2. The molecule has 0 radical (unpaired) electrons. The van der Waals surface area contributed by atoms with E-state index in [4.69, 9.17) is 5.73 Å². The van der Waals surface area contributed by atoms with Crippen LogP contribution in [0.1, 0.15) is 30.4 Å². The monoisotopic (exact) mass is 241 g/mol. The van der Waals surface area contributed by atoms with Crippen LogP contribution in [-0.2, 0) is 15.6 Å². The summed E-state index contributed by atoms with van der Waals surface area (Å²) in [4.78, 5) is 0. The molecular formula is C12H19NO2S. The van der Waals surface area contributed by atoms with Crippen molar-refractivity contribution < 1.29 is 8.42 Å². The minimum atomic E-state index is -2.94. The average molecular weight is 241 g/mol. The summed E-state index contributed by atoms with van der Waals surface area (Å²) in [5, 5.41) is 0. The van der Waals surface area contributed by atoms with E-state index in [0.29, 0.717) is 12.5 Å². The molecule has 0 aliphatic heterocycles. The Morgan fingerprint density at radius 2 is 1.81 bits per heavy atom. The quantitative estimate of drug-likeness (QED) is 0.853. The van der Waals surface area contributed by atoms with E-state index in [1.807, 2.05) is 24.3 Å². The Labute approximate surface area is 97.6 Å². The Hall–Kier alpha value is -0.870. The molecule has 4 heteroatoms. The standard InChI is InChI=1S/C12H19NO2S/c1-10(7-8-13)12-5-3-11(4-6-12)9-16(2,14)15/h3-6,10H,7-9,13H2,1-2H3. The fourth-order valence-electron chi connectivity index (χ4n) is 1.66. The summed E-state index contributed by atoms with van der Waals surface area (Å²) >= 11 is 0. The first-order valence-electron chi connectivity index (χ1n) is 5.39. The van der Waals surface area contributed by atoms with Gasteiger partial charge in [-0.05, 0) is 30.0 Å². The molecular weight excluding hydrogens is 222 g/mol. The molecule has 0 spiro atoms. The Morgan fingerprint density at radius 3 is 2.25 bits per heavy atom. The van der Waals surface area contributed by atoms with Gasteiger partial charge in [-0.25, -0.2) is 8.42 Å². The summed E-state index contributed by atoms with van der Waals surface area (Å²) in [6, 6.07) is 7.73. The van der Waals surface area contributed by atoms with Gasteiger partial charge in [-0.15, -0.1) is 0 Å². The molecule has 16 heavy (non-hydrogen) atoms.